The van der Waals surface area contributed by atoms with Gasteiger partial charge in [0.1, 0.15) is 5.75 Å². The summed E-state index contributed by atoms with van der Waals surface area (Å²) in [5.41, 5.74) is 0.403. The molecular weight excluding hydrogens is 226 g/mol. The second-order valence-electron chi connectivity index (χ2n) is 3.57. The van der Waals surface area contributed by atoms with E-state index in [4.69, 9.17) is 9.47 Å². The third kappa shape index (κ3) is 3.69. The van der Waals surface area contributed by atoms with Gasteiger partial charge in [0.2, 0.25) is 0 Å². The van der Waals surface area contributed by atoms with Crippen LogP contribution >= 0.6 is 0 Å². The lowest BCUT2D eigenvalue weighted by molar-refractivity contribution is -0.385. The molecule has 0 aliphatic rings. The van der Waals surface area contributed by atoms with Crippen molar-refractivity contribution in [3.8, 4) is 5.75 Å². The topological polar surface area (TPSA) is 81.8 Å². The summed E-state index contributed by atoms with van der Waals surface area (Å²) in [7, 11) is 2.94. The SMILES string of the molecule is COCC(O)Cc1cc(OC)ccc1[N+](=O)[O-]. The quantitative estimate of drug-likeness (QED) is 0.596. The number of ether oxygens (including phenoxy) is 2. The summed E-state index contributed by atoms with van der Waals surface area (Å²) in [6.45, 7) is 0.133. The molecule has 6 heteroatoms. The molecule has 0 radical (unpaired) electrons. The number of hydrogen-bond donors (Lipinski definition) is 1. The first-order chi connectivity index (χ1) is 8.08. The van der Waals surface area contributed by atoms with Crippen molar-refractivity contribution in [1.29, 1.82) is 0 Å². The van der Waals surface area contributed by atoms with Crippen LogP contribution in [0.2, 0.25) is 0 Å². The van der Waals surface area contributed by atoms with Gasteiger partial charge in [-0.3, -0.25) is 10.1 Å². The minimum Gasteiger partial charge on any atom is -0.497 e. The lowest BCUT2D eigenvalue weighted by Crippen LogP contribution is -2.17. The molecule has 0 heterocycles. The summed E-state index contributed by atoms with van der Waals surface area (Å²) in [6.07, 6.45) is -0.618. The van der Waals surface area contributed by atoms with E-state index >= 15 is 0 Å². The van der Waals surface area contributed by atoms with Crippen molar-refractivity contribution in [2.75, 3.05) is 20.8 Å². The molecule has 0 saturated carbocycles. The third-order valence-corrected chi connectivity index (χ3v) is 2.30. The highest BCUT2D eigenvalue weighted by atomic mass is 16.6. The summed E-state index contributed by atoms with van der Waals surface area (Å²) in [5, 5.41) is 20.4. The Balaban J connectivity index is 2.96. The maximum Gasteiger partial charge on any atom is 0.272 e. The Morgan fingerprint density at radius 2 is 2.18 bits per heavy atom. The molecule has 0 aromatic heterocycles. The summed E-state index contributed by atoms with van der Waals surface area (Å²) in [6, 6.07) is 4.44. The average Bonchev–Trinajstić information content (AvgIpc) is 2.28. The second-order valence-corrected chi connectivity index (χ2v) is 3.57. The first-order valence-electron chi connectivity index (χ1n) is 5.06. The number of nitro benzene ring substituents is 1. The molecule has 1 N–H and O–H groups in total. The summed E-state index contributed by atoms with van der Waals surface area (Å²) < 4.78 is 9.78. The normalized spacial score (nSPS) is 12.2. The lowest BCUT2D eigenvalue weighted by atomic mass is 10.1. The Bertz CT molecular complexity index is 393. The highest BCUT2D eigenvalue weighted by Crippen LogP contribution is 2.25. The van der Waals surface area contributed by atoms with Gasteiger partial charge in [0.05, 0.1) is 24.7 Å². The van der Waals surface area contributed by atoms with Crippen molar-refractivity contribution < 1.29 is 19.5 Å². The maximum atomic E-state index is 10.8. The molecule has 0 aliphatic carbocycles. The highest BCUT2D eigenvalue weighted by molar-refractivity contribution is 5.45. The van der Waals surface area contributed by atoms with Crippen molar-refractivity contribution in [3.63, 3.8) is 0 Å². The van der Waals surface area contributed by atoms with Gasteiger partial charge < -0.3 is 14.6 Å². The third-order valence-electron chi connectivity index (χ3n) is 2.30. The first kappa shape index (κ1) is 13.4. The predicted octanol–water partition coefficient (Wildman–Crippen LogP) is 1.15. The van der Waals surface area contributed by atoms with Crippen LogP contribution in [0.15, 0.2) is 18.2 Å². The Hall–Kier alpha value is -1.66. The zero-order valence-corrected chi connectivity index (χ0v) is 9.75. The van der Waals surface area contributed by atoms with E-state index in [2.05, 4.69) is 0 Å². The Morgan fingerprint density at radius 3 is 2.71 bits per heavy atom. The molecule has 1 aromatic rings. The molecule has 0 aliphatic heterocycles. The van der Waals surface area contributed by atoms with Gasteiger partial charge in [-0.15, -0.1) is 0 Å². The number of nitrogens with zero attached hydrogens (tertiary/aromatic N) is 1. The minimum absolute atomic E-state index is 0.0269. The summed E-state index contributed by atoms with van der Waals surface area (Å²) in [5.74, 6) is 0.523. The molecule has 94 valence electrons. The van der Waals surface area contributed by atoms with Crippen molar-refractivity contribution in [1.82, 2.24) is 0 Å². The zero-order chi connectivity index (χ0) is 12.8. The van der Waals surface area contributed by atoms with E-state index in [0.717, 1.165) is 0 Å². The van der Waals surface area contributed by atoms with Gasteiger partial charge >= 0.3 is 0 Å². The van der Waals surface area contributed by atoms with E-state index in [-0.39, 0.29) is 18.7 Å². The summed E-state index contributed by atoms with van der Waals surface area (Å²) >= 11 is 0. The minimum atomic E-state index is -0.772. The van der Waals surface area contributed by atoms with E-state index in [1.807, 2.05) is 0 Å². The first-order valence-corrected chi connectivity index (χ1v) is 5.06. The largest absolute Gasteiger partial charge is 0.497 e. The molecule has 0 bridgehead atoms. The van der Waals surface area contributed by atoms with E-state index in [9.17, 15) is 15.2 Å². The van der Waals surface area contributed by atoms with Crippen LogP contribution in [0, 0.1) is 10.1 Å². The average molecular weight is 241 g/mol. The molecule has 1 atom stereocenters. The van der Waals surface area contributed by atoms with Crippen molar-refractivity contribution in [3.05, 3.63) is 33.9 Å². The smallest absolute Gasteiger partial charge is 0.272 e. The number of methoxy groups -OCH3 is 2. The lowest BCUT2D eigenvalue weighted by Gasteiger charge is -2.10. The van der Waals surface area contributed by atoms with Crippen LogP contribution in [-0.2, 0) is 11.2 Å². The van der Waals surface area contributed by atoms with Gasteiger partial charge in [0.15, 0.2) is 0 Å². The van der Waals surface area contributed by atoms with Crippen molar-refractivity contribution in [2.24, 2.45) is 0 Å². The number of aliphatic hydroxyl groups is 1. The fraction of sp³-hybridized carbons (Fsp3) is 0.455. The number of rotatable bonds is 6. The van der Waals surface area contributed by atoms with Gasteiger partial charge in [-0.05, 0) is 12.1 Å². The molecule has 1 unspecified atom stereocenters. The number of benzene rings is 1. The van der Waals surface area contributed by atoms with Gasteiger partial charge in [-0.1, -0.05) is 0 Å². The van der Waals surface area contributed by atoms with E-state index in [0.29, 0.717) is 11.3 Å². The van der Waals surface area contributed by atoms with E-state index < -0.39 is 11.0 Å². The standard InChI is InChI=1S/C11H15NO5/c1-16-7-9(13)5-8-6-10(17-2)3-4-11(8)12(14)15/h3-4,6,9,13H,5,7H2,1-2H3. The number of aliphatic hydroxyl groups excluding tert-OH is 1. The molecule has 6 nitrogen and oxygen atoms in total. The molecular formula is C11H15NO5. The summed E-state index contributed by atoms with van der Waals surface area (Å²) in [4.78, 5) is 10.3. The van der Waals surface area contributed by atoms with Crippen LogP contribution in [0.3, 0.4) is 0 Å². The second kappa shape index (κ2) is 6.17. The Morgan fingerprint density at radius 1 is 1.47 bits per heavy atom. The molecule has 17 heavy (non-hydrogen) atoms. The van der Waals surface area contributed by atoms with E-state index in [1.165, 1.54) is 26.4 Å². The predicted molar refractivity (Wildman–Crippen MR) is 61.2 cm³/mol. The molecule has 0 amide bonds. The van der Waals surface area contributed by atoms with Gasteiger partial charge in [-0.2, -0.15) is 0 Å². The van der Waals surface area contributed by atoms with Crippen molar-refractivity contribution in [2.45, 2.75) is 12.5 Å². The fourth-order valence-corrected chi connectivity index (χ4v) is 1.54. The van der Waals surface area contributed by atoms with Gasteiger partial charge in [0.25, 0.3) is 5.69 Å². The number of hydrogen-bond acceptors (Lipinski definition) is 5. The zero-order valence-electron chi connectivity index (χ0n) is 9.75. The van der Waals surface area contributed by atoms with Gasteiger partial charge in [0, 0.05) is 25.2 Å². The fourth-order valence-electron chi connectivity index (χ4n) is 1.54. The molecule has 0 fully saturated rings. The van der Waals surface area contributed by atoms with Gasteiger partial charge in [-0.25, -0.2) is 0 Å². The van der Waals surface area contributed by atoms with Crippen LogP contribution in [-0.4, -0.2) is 37.0 Å². The van der Waals surface area contributed by atoms with E-state index in [1.54, 1.807) is 6.07 Å². The molecule has 0 saturated heterocycles. The van der Waals surface area contributed by atoms with Crippen LogP contribution in [0.5, 0.6) is 5.75 Å². The van der Waals surface area contributed by atoms with Crippen LogP contribution < -0.4 is 4.74 Å². The molecule has 0 spiro atoms. The monoisotopic (exact) mass is 241 g/mol. The number of nitro groups is 1. The Labute approximate surface area is 98.9 Å². The highest BCUT2D eigenvalue weighted by Gasteiger charge is 2.17. The molecule has 1 aromatic carbocycles. The Kier molecular flexibility index (Phi) is 4.86. The van der Waals surface area contributed by atoms with Crippen LogP contribution in [0.25, 0.3) is 0 Å². The molecule has 1 rings (SSSR count). The van der Waals surface area contributed by atoms with Crippen LogP contribution in [0.4, 0.5) is 5.69 Å². The maximum absolute atomic E-state index is 10.8. The van der Waals surface area contributed by atoms with Crippen LogP contribution in [0.1, 0.15) is 5.56 Å². The van der Waals surface area contributed by atoms with Crippen molar-refractivity contribution >= 4 is 5.69 Å².